The summed E-state index contributed by atoms with van der Waals surface area (Å²) >= 11 is 0. The molecule has 0 saturated carbocycles. The average molecular weight is 496 g/mol. The normalized spacial score (nSPS) is 14.6. The molecular weight excluding hydrogens is 470 g/mol. The molecule has 2 amide bonds. The van der Waals surface area contributed by atoms with Crippen LogP contribution >= 0.6 is 0 Å². The lowest BCUT2D eigenvalue weighted by atomic mass is 10.0. The SMILES string of the molecule is O=C(O)c1cccc(CCNC(=O)c2cn3c(n2)C(c2ccccc2)N(C(=O)c2cccnc2)CC3)c1. The van der Waals surface area contributed by atoms with Crippen molar-refractivity contribution in [3.8, 4) is 0 Å². The van der Waals surface area contributed by atoms with E-state index in [-0.39, 0.29) is 23.1 Å². The predicted molar refractivity (Wildman–Crippen MR) is 135 cm³/mol. The maximum atomic E-state index is 13.4. The summed E-state index contributed by atoms with van der Waals surface area (Å²) in [6, 6.07) is 19.3. The van der Waals surface area contributed by atoms with Gasteiger partial charge in [0.1, 0.15) is 17.6 Å². The van der Waals surface area contributed by atoms with Gasteiger partial charge in [0.2, 0.25) is 0 Å². The number of pyridine rings is 1. The van der Waals surface area contributed by atoms with Gasteiger partial charge in [-0.2, -0.15) is 0 Å². The van der Waals surface area contributed by atoms with Crippen LogP contribution in [0.2, 0.25) is 0 Å². The first-order valence-corrected chi connectivity index (χ1v) is 11.9. The van der Waals surface area contributed by atoms with Gasteiger partial charge in [-0.1, -0.05) is 42.5 Å². The summed E-state index contributed by atoms with van der Waals surface area (Å²) in [6.45, 7) is 1.29. The van der Waals surface area contributed by atoms with Gasteiger partial charge in [0.25, 0.3) is 11.8 Å². The minimum atomic E-state index is -0.988. The zero-order valence-corrected chi connectivity index (χ0v) is 19.9. The summed E-state index contributed by atoms with van der Waals surface area (Å²) in [6.07, 6.45) is 5.39. The van der Waals surface area contributed by atoms with E-state index in [1.807, 2.05) is 41.0 Å². The number of aromatic nitrogens is 3. The Kier molecular flexibility index (Phi) is 6.76. The summed E-state index contributed by atoms with van der Waals surface area (Å²) < 4.78 is 1.93. The van der Waals surface area contributed by atoms with Crippen molar-refractivity contribution in [1.82, 2.24) is 24.8 Å². The van der Waals surface area contributed by atoms with Crippen LogP contribution in [0.1, 0.15) is 54.2 Å². The van der Waals surface area contributed by atoms with Gasteiger partial charge in [-0.3, -0.25) is 14.6 Å². The predicted octanol–water partition coefficient (Wildman–Crippen LogP) is 3.19. The molecule has 1 aliphatic heterocycles. The van der Waals surface area contributed by atoms with Crippen LogP contribution in [0.4, 0.5) is 0 Å². The smallest absolute Gasteiger partial charge is 0.335 e. The molecule has 0 bridgehead atoms. The highest BCUT2D eigenvalue weighted by molar-refractivity contribution is 5.95. The van der Waals surface area contributed by atoms with Crippen molar-refractivity contribution < 1.29 is 19.5 Å². The third kappa shape index (κ3) is 5.11. The van der Waals surface area contributed by atoms with Gasteiger partial charge in [0, 0.05) is 38.2 Å². The van der Waals surface area contributed by atoms with E-state index in [0.717, 1.165) is 11.1 Å². The number of carbonyl (C=O) groups excluding carboxylic acids is 2. The molecule has 4 aromatic rings. The Morgan fingerprint density at radius 3 is 2.54 bits per heavy atom. The van der Waals surface area contributed by atoms with E-state index in [9.17, 15) is 14.4 Å². The molecule has 37 heavy (non-hydrogen) atoms. The van der Waals surface area contributed by atoms with Gasteiger partial charge in [0.15, 0.2) is 0 Å². The maximum Gasteiger partial charge on any atom is 0.335 e. The zero-order valence-electron chi connectivity index (χ0n) is 19.9. The number of carboxylic acids is 1. The van der Waals surface area contributed by atoms with E-state index in [4.69, 9.17) is 5.11 Å². The molecule has 1 atom stereocenters. The number of carbonyl (C=O) groups is 3. The van der Waals surface area contributed by atoms with Crippen molar-refractivity contribution in [1.29, 1.82) is 0 Å². The van der Waals surface area contributed by atoms with E-state index in [2.05, 4.69) is 15.3 Å². The summed E-state index contributed by atoms with van der Waals surface area (Å²) in [4.78, 5) is 48.0. The van der Waals surface area contributed by atoms with Gasteiger partial charge in [-0.05, 0) is 41.8 Å². The van der Waals surface area contributed by atoms with Gasteiger partial charge in [-0.25, -0.2) is 9.78 Å². The first-order valence-electron chi connectivity index (χ1n) is 11.9. The van der Waals surface area contributed by atoms with Crippen LogP contribution in [0.3, 0.4) is 0 Å². The molecule has 9 nitrogen and oxygen atoms in total. The Morgan fingerprint density at radius 2 is 1.78 bits per heavy atom. The zero-order chi connectivity index (χ0) is 25.8. The van der Waals surface area contributed by atoms with Gasteiger partial charge >= 0.3 is 5.97 Å². The first-order chi connectivity index (χ1) is 18.0. The minimum absolute atomic E-state index is 0.147. The van der Waals surface area contributed by atoms with Crippen molar-refractivity contribution in [2.75, 3.05) is 13.1 Å². The summed E-state index contributed by atoms with van der Waals surface area (Å²) in [5, 5.41) is 12.0. The Bertz CT molecular complexity index is 1440. The number of hydrogen-bond acceptors (Lipinski definition) is 5. The lowest BCUT2D eigenvalue weighted by molar-refractivity contribution is 0.0656. The van der Waals surface area contributed by atoms with Crippen LogP contribution in [-0.4, -0.2) is 55.4 Å². The lowest BCUT2D eigenvalue weighted by Crippen LogP contribution is -2.42. The summed E-state index contributed by atoms with van der Waals surface area (Å²) in [5.41, 5.74) is 2.69. The van der Waals surface area contributed by atoms with E-state index >= 15 is 0 Å². The van der Waals surface area contributed by atoms with Crippen molar-refractivity contribution in [3.63, 3.8) is 0 Å². The molecule has 2 aromatic carbocycles. The number of hydrogen-bond donors (Lipinski definition) is 2. The third-order valence-corrected chi connectivity index (χ3v) is 6.34. The van der Waals surface area contributed by atoms with Gasteiger partial charge < -0.3 is 19.9 Å². The number of carboxylic acid groups (broad SMARTS) is 1. The second-order valence-electron chi connectivity index (χ2n) is 8.74. The largest absolute Gasteiger partial charge is 0.478 e. The molecule has 9 heteroatoms. The number of nitrogens with one attached hydrogen (secondary N) is 1. The average Bonchev–Trinajstić information content (AvgIpc) is 3.38. The molecule has 0 aliphatic carbocycles. The molecule has 2 aromatic heterocycles. The second kappa shape index (κ2) is 10.4. The van der Waals surface area contributed by atoms with Crippen LogP contribution < -0.4 is 5.32 Å². The molecule has 0 spiro atoms. The van der Waals surface area contributed by atoms with Gasteiger partial charge in [0.05, 0.1) is 11.1 Å². The van der Waals surface area contributed by atoms with Crippen molar-refractivity contribution >= 4 is 17.8 Å². The number of amides is 2. The molecule has 1 unspecified atom stereocenters. The molecule has 0 saturated heterocycles. The fourth-order valence-corrected chi connectivity index (χ4v) is 4.53. The molecule has 186 valence electrons. The van der Waals surface area contributed by atoms with Crippen LogP contribution in [0.25, 0.3) is 0 Å². The quantitative estimate of drug-likeness (QED) is 0.407. The lowest BCUT2D eigenvalue weighted by Gasteiger charge is -2.36. The summed E-state index contributed by atoms with van der Waals surface area (Å²) in [7, 11) is 0. The Labute approximate surface area is 213 Å². The molecule has 0 fully saturated rings. The molecular formula is C28H25N5O4. The number of nitrogens with zero attached hydrogens (tertiary/aromatic N) is 4. The van der Waals surface area contributed by atoms with Crippen LogP contribution in [0.5, 0.6) is 0 Å². The Morgan fingerprint density at radius 1 is 0.973 bits per heavy atom. The van der Waals surface area contributed by atoms with Crippen molar-refractivity contribution in [2.24, 2.45) is 0 Å². The van der Waals surface area contributed by atoms with Crippen LogP contribution in [0, 0.1) is 0 Å². The maximum absolute atomic E-state index is 13.4. The number of rotatable bonds is 7. The number of fused-ring (bicyclic) bond motifs is 1. The van der Waals surface area contributed by atoms with Crippen molar-refractivity contribution in [2.45, 2.75) is 19.0 Å². The second-order valence-corrected chi connectivity index (χ2v) is 8.74. The van der Waals surface area contributed by atoms with Gasteiger partial charge in [-0.15, -0.1) is 0 Å². The van der Waals surface area contributed by atoms with Crippen molar-refractivity contribution in [3.05, 3.63) is 119 Å². The summed E-state index contributed by atoms with van der Waals surface area (Å²) in [5.74, 6) is -0.841. The van der Waals surface area contributed by atoms with Crippen LogP contribution in [-0.2, 0) is 13.0 Å². The van der Waals surface area contributed by atoms with E-state index in [0.29, 0.717) is 37.4 Å². The molecule has 2 N–H and O–H groups in total. The third-order valence-electron chi connectivity index (χ3n) is 6.34. The fraction of sp³-hybridized carbons (Fsp3) is 0.179. The van der Waals surface area contributed by atoms with E-state index in [1.165, 1.54) is 6.07 Å². The van der Waals surface area contributed by atoms with E-state index in [1.54, 1.807) is 47.8 Å². The highest BCUT2D eigenvalue weighted by atomic mass is 16.4. The molecule has 5 rings (SSSR count). The topological polar surface area (TPSA) is 117 Å². The van der Waals surface area contributed by atoms with E-state index < -0.39 is 12.0 Å². The first kappa shape index (κ1) is 23.9. The molecule has 1 aliphatic rings. The Hall–Kier alpha value is -4.79. The number of benzene rings is 2. The molecule has 0 radical (unpaired) electrons. The highest BCUT2D eigenvalue weighted by Gasteiger charge is 2.35. The number of imidazole rings is 1. The molecule has 3 heterocycles. The number of aromatic carboxylic acids is 1. The minimum Gasteiger partial charge on any atom is -0.478 e. The monoisotopic (exact) mass is 495 g/mol. The Balaban J connectivity index is 1.36. The standard InChI is InChI=1S/C28H25N5O4/c34-26(30-13-11-19-6-4-9-21(16-19)28(36)37)23-18-32-14-15-33(27(35)22-10-5-12-29-17-22)24(25(32)31-23)20-7-2-1-3-8-20/h1-10,12,16-18,24H,11,13-15H2,(H,30,34)(H,36,37). The van der Waals surface area contributed by atoms with Crippen LogP contribution in [0.15, 0.2) is 85.3 Å². The highest BCUT2D eigenvalue weighted by Crippen LogP contribution is 2.32. The fourth-order valence-electron chi connectivity index (χ4n) is 4.53.